The number of nitriles is 1. The van der Waals surface area contributed by atoms with Crippen LogP contribution in [0.1, 0.15) is 15.9 Å². The highest BCUT2D eigenvalue weighted by Gasteiger charge is 2.10. The van der Waals surface area contributed by atoms with E-state index < -0.39 is 4.92 Å². The second-order valence-corrected chi connectivity index (χ2v) is 3.93. The Morgan fingerprint density at radius 2 is 1.75 bits per heavy atom. The van der Waals surface area contributed by atoms with E-state index in [-0.39, 0.29) is 11.3 Å². The first kappa shape index (κ1) is 15.3. The van der Waals surface area contributed by atoms with E-state index in [1.807, 2.05) is 0 Å². The molecule has 0 bridgehead atoms. The molecule has 0 spiro atoms. The van der Waals surface area contributed by atoms with E-state index >= 15 is 0 Å². The van der Waals surface area contributed by atoms with Gasteiger partial charge in [0.25, 0.3) is 5.69 Å². The van der Waals surface area contributed by atoms with Crippen molar-refractivity contribution in [3.8, 4) is 6.07 Å². The van der Waals surface area contributed by atoms with Crippen molar-refractivity contribution in [1.82, 2.24) is 0 Å². The third-order valence-electron chi connectivity index (χ3n) is 2.25. The first-order chi connectivity index (χ1) is 9.60. The Balaban J connectivity index is 0.000000204. The Morgan fingerprint density at radius 3 is 2.20 bits per heavy atom. The molecule has 2 aromatic carbocycles. The monoisotopic (exact) mass is 288 g/mol. The van der Waals surface area contributed by atoms with Crippen LogP contribution in [0.5, 0.6) is 0 Å². The summed E-state index contributed by atoms with van der Waals surface area (Å²) in [5, 5.41) is 19.2. The number of hydrogen-bond donors (Lipinski definition) is 0. The van der Waals surface area contributed by atoms with Crippen LogP contribution in [0.2, 0.25) is 5.02 Å². The summed E-state index contributed by atoms with van der Waals surface area (Å²) in [6.45, 7) is 0. The normalized spacial score (nSPS) is 8.80. The average molecular weight is 289 g/mol. The molecule has 0 N–H and O–H groups in total. The summed E-state index contributed by atoms with van der Waals surface area (Å²) in [7, 11) is 0. The standard InChI is InChI=1S/C7H5ClO.C7H4N2O2/c8-7-4-2-1-3-6(7)5-9;8-5-6-3-1-2-4-7(6)9(10)11/h1-5H;1-4H. The maximum absolute atomic E-state index is 10.2. The number of aldehydes is 1. The molecule has 0 aliphatic heterocycles. The minimum absolute atomic E-state index is 0.0949. The van der Waals surface area contributed by atoms with Crippen LogP contribution in [0.3, 0.4) is 0 Å². The second-order valence-electron chi connectivity index (χ2n) is 3.53. The van der Waals surface area contributed by atoms with E-state index in [0.29, 0.717) is 10.6 Å². The zero-order valence-corrected chi connectivity index (χ0v) is 10.9. The first-order valence-corrected chi connectivity index (χ1v) is 5.81. The molecule has 0 atom stereocenters. The first-order valence-electron chi connectivity index (χ1n) is 5.43. The van der Waals surface area contributed by atoms with Gasteiger partial charge in [0.1, 0.15) is 11.6 Å². The lowest BCUT2D eigenvalue weighted by atomic mass is 10.2. The molecule has 0 amide bonds. The third kappa shape index (κ3) is 4.19. The van der Waals surface area contributed by atoms with Gasteiger partial charge < -0.3 is 0 Å². The van der Waals surface area contributed by atoms with Gasteiger partial charge in [-0.25, -0.2) is 0 Å². The fourth-order valence-electron chi connectivity index (χ4n) is 1.30. The van der Waals surface area contributed by atoms with E-state index in [1.165, 1.54) is 18.2 Å². The molecule has 5 nitrogen and oxygen atoms in total. The van der Waals surface area contributed by atoms with Crippen LogP contribution in [0, 0.1) is 21.4 Å². The van der Waals surface area contributed by atoms with Crippen LogP contribution < -0.4 is 0 Å². The van der Waals surface area contributed by atoms with Gasteiger partial charge in [-0.3, -0.25) is 14.9 Å². The highest BCUT2D eigenvalue weighted by atomic mass is 35.5. The molecule has 2 aromatic rings. The largest absolute Gasteiger partial charge is 0.298 e. The number of benzene rings is 2. The predicted molar refractivity (Wildman–Crippen MR) is 74.7 cm³/mol. The SMILES string of the molecule is N#Cc1ccccc1[N+](=O)[O-].O=Cc1ccccc1Cl. The summed E-state index contributed by atoms with van der Waals surface area (Å²) in [6, 6.07) is 14.5. The smallest absolute Gasteiger partial charge is 0.287 e. The summed E-state index contributed by atoms with van der Waals surface area (Å²) in [5.41, 5.74) is 0.492. The van der Waals surface area contributed by atoms with E-state index in [9.17, 15) is 14.9 Å². The highest BCUT2D eigenvalue weighted by molar-refractivity contribution is 6.32. The molecule has 0 radical (unpaired) electrons. The molecule has 0 aliphatic carbocycles. The van der Waals surface area contributed by atoms with Gasteiger partial charge in [-0.05, 0) is 12.1 Å². The lowest BCUT2D eigenvalue weighted by Gasteiger charge is -1.90. The number of carbonyl (C=O) groups excluding carboxylic acids is 1. The highest BCUT2D eigenvalue weighted by Crippen LogP contribution is 2.15. The van der Waals surface area contributed by atoms with Crippen LogP contribution in [0.25, 0.3) is 0 Å². The molecule has 100 valence electrons. The number of halogens is 1. The van der Waals surface area contributed by atoms with Crippen LogP contribution in [0.15, 0.2) is 48.5 Å². The van der Waals surface area contributed by atoms with Gasteiger partial charge in [-0.2, -0.15) is 5.26 Å². The van der Waals surface area contributed by atoms with Crippen LogP contribution in [0.4, 0.5) is 5.69 Å². The maximum atomic E-state index is 10.2. The van der Waals surface area contributed by atoms with E-state index in [4.69, 9.17) is 16.9 Å². The van der Waals surface area contributed by atoms with Crippen molar-refractivity contribution in [3.05, 3.63) is 74.8 Å². The fraction of sp³-hybridized carbons (Fsp3) is 0. The predicted octanol–water partition coefficient (Wildman–Crippen LogP) is 3.62. The Morgan fingerprint density at radius 1 is 1.15 bits per heavy atom. The number of para-hydroxylation sites is 1. The number of nitro groups is 1. The third-order valence-corrected chi connectivity index (χ3v) is 2.60. The molecule has 0 aliphatic rings. The van der Waals surface area contributed by atoms with Crippen LogP contribution in [-0.4, -0.2) is 11.2 Å². The maximum Gasteiger partial charge on any atom is 0.287 e. The van der Waals surface area contributed by atoms with E-state index in [1.54, 1.807) is 36.4 Å². The minimum atomic E-state index is -0.571. The molecule has 0 saturated heterocycles. The number of rotatable bonds is 2. The van der Waals surface area contributed by atoms with Crippen molar-refractivity contribution in [2.45, 2.75) is 0 Å². The Bertz CT molecular complexity index is 665. The van der Waals surface area contributed by atoms with Crippen LogP contribution in [-0.2, 0) is 0 Å². The lowest BCUT2D eigenvalue weighted by molar-refractivity contribution is -0.385. The van der Waals surface area contributed by atoms with Gasteiger partial charge in [0.05, 0.1) is 9.95 Å². The molecule has 0 heterocycles. The molecule has 6 heteroatoms. The molecule has 0 fully saturated rings. The Kier molecular flexibility index (Phi) is 5.88. The summed E-state index contributed by atoms with van der Waals surface area (Å²) in [4.78, 5) is 19.8. The molecular weight excluding hydrogens is 280 g/mol. The van der Waals surface area contributed by atoms with Crippen molar-refractivity contribution < 1.29 is 9.72 Å². The molecule has 2 rings (SSSR count). The number of nitrogens with zero attached hydrogens (tertiary/aromatic N) is 2. The summed E-state index contributed by atoms with van der Waals surface area (Å²) in [6.07, 6.45) is 0.738. The summed E-state index contributed by atoms with van der Waals surface area (Å²) < 4.78 is 0. The number of hydrogen-bond acceptors (Lipinski definition) is 4. The van der Waals surface area contributed by atoms with Gasteiger partial charge in [0.15, 0.2) is 6.29 Å². The van der Waals surface area contributed by atoms with Gasteiger partial charge in [0.2, 0.25) is 0 Å². The van der Waals surface area contributed by atoms with Crippen molar-refractivity contribution >= 4 is 23.6 Å². The summed E-state index contributed by atoms with van der Waals surface area (Å²) >= 11 is 5.59. The van der Waals surface area contributed by atoms with Gasteiger partial charge in [-0.15, -0.1) is 0 Å². The number of nitro benzene ring substituents is 1. The summed E-state index contributed by atoms with van der Waals surface area (Å²) in [5.74, 6) is 0. The zero-order valence-electron chi connectivity index (χ0n) is 10.2. The topological polar surface area (TPSA) is 84.0 Å². The lowest BCUT2D eigenvalue weighted by Crippen LogP contribution is -1.90. The molecule has 0 unspecified atom stereocenters. The van der Waals surface area contributed by atoms with Crippen molar-refractivity contribution in [2.24, 2.45) is 0 Å². The number of carbonyl (C=O) groups is 1. The zero-order chi connectivity index (χ0) is 15.0. The Hall–Kier alpha value is -2.71. The van der Waals surface area contributed by atoms with Crippen LogP contribution >= 0.6 is 11.6 Å². The quantitative estimate of drug-likeness (QED) is 0.480. The van der Waals surface area contributed by atoms with E-state index in [0.717, 1.165) is 6.29 Å². The average Bonchev–Trinajstić information content (AvgIpc) is 2.48. The van der Waals surface area contributed by atoms with Gasteiger partial charge in [0, 0.05) is 11.6 Å². The van der Waals surface area contributed by atoms with Gasteiger partial charge in [-0.1, -0.05) is 41.9 Å². The van der Waals surface area contributed by atoms with Crippen molar-refractivity contribution in [1.29, 1.82) is 5.26 Å². The van der Waals surface area contributed by atoms with Crippen molar-refractivity contribution in [2.75, 3.05) is 0 Å². The molecule has 20 heavy (non-hydrogen) atoms. The van der Waals surface area contributed by atoms with Crippen molar-refractivity contribution in [3.63, 3.8) is 0 Å². The molecule has 0 saturated carbocycles. The van der Waals surface area contributed by atoms with Gasteiger partial charge >= 0.3 is 0 Å². The van der Waals surface area contributed by atoms with E-state index in [2.05, 4.69) is 0 Å². The molecular formula is C14H9ClN2O3. The minimum Gasteiger partial charge on any atom is -0.298 e. The Labute approximate surface area is 120 Å². The second kappa shape index (κ2) is 7.67. The molecule has 0 aromatic heterocycles. The fourth-order valence-corrected chi connectivity index (χ4v) is 1.48.